The third kappa shape index (κ3) is 2.57. The van der Waals surface area contributed by atoms with Crippen molar-refractivity contribution in [1.82, 2.24) is 9.55 Å². The van der Waals surface area contributed by atoms with Crippen LogP contribution < -0.4 is 0 Å². The van der Waals surface area contributed by atoms with Crippen molar-refractivity contribution in [1.29, 1.82) is 0 Å². The maximum absolute atomic E-state index is 11.1. The lowest BCUT2D eigenvalue weighted by Gasteiger charge is -2.01. The molecule has 0 spiro atoms. The fraction of sp³-hybridized carbons (Fsp3) is 0.231. The second-order valence-corrected chi connectivity index (χ2v) is 3.77. The summed E-state index contributed by atoms with van der Waals surface area (Å²) >= 11 is 0. The molecule has 2 rings (SSSR count). The molecule has 0 saturated heterocycles. The van der Waals surface area contributed by atoms with Gasteiger partial charge in [0.2, 0.25) is 0 Å². The fourth-order valence-electron chi connectivity index (χ4n) is 1.58. The van der Waals surface area contributed by atoms with Crippen molar-refractivity contribution in [2.45, 2.75) is 19.9 Å². The molecular weight excluding hydrogens is 200 g/mol. The van der Waals surface area contributed by atoms with Crippen LogP contribution in [0.1, 0.15) is 23.0 Å². The molecule has 0 N–H and O–H groups in total. The molecular formula is C13H14N2O. The van der Waals surface area contributed by atoms with Crippen LogP contribution in [0.2, 0.25) is 0 Å². The lowest BCUT2D eigenvalue weighted by Crippen LogP contribution is -2.00. The Morgan fingerprint density at radius 2 is 2.25 bits per heavy atom. The fourth-order valence-corrected chi connectivity index (χ4v) is 1.58. The highest BCUT2D eigenvalue weighted by Crippen LogP contribution is 2.04. The van der Waals surface area contributed by atoms with Gasteiger partial charge in [-0.1, -0.05) is 6.07 Å². The zero-order valence-corrected chi connectivity index (χ0v) is 9.26. The summed E-state index contributed by atoms with van der Waals surface area (Å²) in [4.78, 5) is 15.4. The number of rotatable bonds is 4. The largest absolute Gasteiger partial charge is 0.353 e. The lowest BCUT2D eigenvalue weighted by molar-refractivity contribution is 0.101. The predicted octanol–water partition coefficient (Wildman–Crippen LogP) is 2.33. The molecule has 0 amide bonds. The molecule has 0 aliphatic rings. The summed E-state index contributed by atoms with van der Waals surface area (Å²) in [5.74, 6) is 0.108. The third-order valence-corrected chi connectivity index (χ3v) is 2.51. The van der Waals surface area contributed by atoms with Gasteiger partial charge >= 0.3 is 0 Å². The molecule has 0 saturated carbocycles. The van der Waals surface area contributed by atoms with E-state index in [1.54, 1.807) is 13.1 Å². The van der Waals surface area contributed by atoms with Gasteiger partial charge in [0.1, 0.15) is 0 Å². The number of hydrogen-bond donors (Lipinski definition) is 0. The van der Waals surface area contributed by atoms with Gasteiger partial charge in [0, 0.05) is 42.8 Å². The Morgan fingerprint density at radius 3 is 2.88 bits per heavy atom. The number of hydrogen-bond acceptors (Lipinski definition) is 2. The molecule has 3 heteroatoms. The maximum Gasteiger partial charge on any atom is 0.161 e. The van der Waals surface area contributed by atoms with E-state index in [1.807, 2.05) is 41.2 Å². The zero-order chi connectivity index (χ0) is 11.4. The molecule has 0 radical (unpaired) electrons. The van der Waals surface area contributed by atoms with Crippen LogP contribution in [0.3, 0.4) is 0 Å². The van der Waals surface area contributed by atoms with Crippen molar-refractivity contribution in [3.63, 3.8) is 0 Å². The van der Waals surface area contributed by atoms with E-state index >= 15 is 0 Å². The van der Waals surface area contributed by atoms with Gasteiger partial charge in [0.25, 0.3) is 0 Å². The third-order valence-electron chi connectivity index (χ3n) is 2.51. The second kappa shape index (κ2) is 4.75. The first-order valence-electron chi connectivity index (χ1n) is 5.32. The minimum absolute atomic E-state index is 0.108. The van der Waals surface area contributed by atoms with Gasteiger partial charge in [-0.15, -0.1) is 0 Å². The average molecular weight is 214 g/mol. The molecule has 0 aromatic carbocycles. The molecule has 0 aliphatic heterocycles. The molecule has 82 valence electrons. The van der Waals surface area contributed by atoms with Crippen LogP contribution in [-0.2, 0) is 13.0 Å². The van der Waals surface area contributed by atoms with Crippen LogP contribution in [0.4, 0.5) is 0 Å². The first kappa shape index (κ1) is 10.6. The van der Waals surface area contributed by atoms with E-state index in [-0.39, 0.29) is 5.78 Å². The Kier molecular flexibility index (Phi) is 3.15. The number of carbonyl (C=O) groups is 1. The van der Waals surface area contributed by atoms with Crippen LogP contribution in [0.5, 0.6) is 0 Å². The average Bonchev–Trinajstić information content (AvgIpc) is 2.76. The van der Waals surface area contributed by atoms with Crippen molar-refractivity contribution in [3.05, 3.63) is 54.1 Å². The second-order valence-electron chi connectivity index (χ2n) is 3.77. The molecule has 0 bridgehead atoms. The van der Waals surface area contributed by atoms with E-state index in [0.717, 1.165) is 24.2 Å². The van der Waals surface area contributed by atoms with Gasteiger partial charge in [-0.3, -0.25) is 9.78 Å². The monoisotopic (exact) mass is 214 g/mol. The first-order chi connectivity index (χ1) is 7.75. The van der Waals surface area contributed by atoms with E-state index in [0.29, 0.717) is 0 Å². The smallest absolute Gasteiger partial charge is 0.161 e. The molecule has 0 fully saturated rings. The highest BCUT2D eigenvalue weighted by molar-refractivity contribution is 5.93. The first-order valence-corrected chi connectivity index (χ1v) is 5.32. The lowest BCUT2D eigenvalue weighted by atomic mass is 10.2. The molecule has 16 heavy (non-hydrogen) atoms. The number of nitrogens with zero attached hydrogens (tertiary/aromatic N) is 2. The summed E-state index contributed by atoms with van der Waals surface area (Å²) in [6, 6.07) is 7.75. The summed E-state index contributed by atoms with van der Waals surface area (Å²) in [7, 11) is 0. The van der Waals surface area contributed by atoms with Crippen molar-refractivity contribution in [3.8, 4) is 0 Å². The molecule has 3 nitrogen and oxygen atoms in total. The van der Waals surface area contributed by atoms with Gasteiger partial charge in [-0.25, -0.2) is 0 Å². The van der Waals surface area contributed by atoms with Gasteiger partial charge in [0.15, 0.2) is 5.78 Å². The number of aromatic nitrogens is 2. The Hall–Kier alpha value is -1.90. The molecule has 2 heterocycles. The standard InChI is InChI=1S/C13H14N2O/c1-11(16)12-5-8-15(10-12)9-6-13-4-2-3-7-14-13/h2-5,7-8,10H,6,9H2,1H3. The van der Waals surface area contributed by atoms with Crippen LogP contribution in [0, 0.1) is 0 Å². The van der Waals surface area contributed by atoms with E-state index in [1.165, 1.54) is 0 Å². The normalized spacial score (nSPS) is 10.3. The number of pyridine rings is 1. The van der Waals surface area contributed by atoms with E-state index in [4.69, 9.17) is 0 Å². The van der Waals surface area contributed by atoms with Crippen molar-refractivity contribution in [2.75, 3.05) is 0 Å². The van der Waals surface area contributed by atoms with Crippen LogP contribution in [-0.4, -0.2) is 15.3 Å². The minimum Gasteiger partial charge on any atom is -0.353 e. The highest BCUT2D eigenvalue weighted by Gasteiger charge is 2.01. The van der Waals surface area contributed by atoms with E-state index < -0.39 is 0 Å². The van der Waals surface area contributed by atoms with Gasteiger partial charge in [0.05, 0.1) is 0 Å². The van der Waals surface area contributed by atoms with Gasteiger partial charge < -0.3 is 4.57 Å². The van der Waals surface area contributed by atoms with Crippen LogP contribution in [0.25, 0.3) is 0 Å². The van der Waals surface area contributed by atoms with Crippen LogP contribution >= 0.6 is 0 Å². The number of aryl methyl sites for hydroxylation is 2. The molecule has 0 unspecified atom stereocenters. The predicted molar refractivity (Wildman–Crippen MR) is 62.4 cm³/mol. The Morgan fingerprint density at radius 1 is 1.38 bits per heavy atom. The molecule has 0 aliphatic carbocycles. The molecule has 0 atom stereocenters. The maximum atomic E-state index is 11.1. The summed E-state index contributed by atoms with van der Waals surface area (Å²) < 4.78 is 2.02. The van der Waals surface area contributed by atoms with Crippen molar-refractivity contribution in [2.24, 2.45) is 0 Å². The quantitative estimate of drug-likeness (QED) is 0.732. The highest BCUT2D eigenvalue weighted by atomic mass is 16.1. The SMILES string of the molecule is CC(=O)c1ccn(CCc2ccccn2)c1. The summed E-state index contributed by atoms with van der Waals surface area (Å²) in [6.45, 7) is 2.43. The Labute approximate surface area is 94.7 Å². The van der Waals surface area contributed by atoms with Crippen LogP contribution in [0.15, 0.2) is 42.9 Å². The summed E-state index contributed by atoms with van der Waals surface area (Å²) in [5.41, 5.74) is 1.83. The minimum atomic E-state index is 0.108. The Balaban J connectivity index is 1.97. The van der Waals surface area contributed by atoms with Crippen molar-refractivity contribution < 1.29 is 4.79 Å². The molecule has 2 aromatic rings. The number of Topliss-reactive ketones (excluding diaryl/α,β-unsaturated/α-hetero) is 1. The van der Waals surface area contributed by atoms with Gasteiger partial charge in [-0.2, -0.15) is 0 Å². The van der Waals surface area contributed by atoms with E-state index in [2.05, 4.69) is 4.98 Å². The van der Waals surface area contributed by atoms with E-state index in [9.17, 15) is 4.79 Å². The Bertz CT molecular complexity index is 474. The zero-order valence-electron chi connectivity index (χ0n) is 9.26. The molecule has 2 aromatic heterocycles. The summed E-state index contributed by atoms with van der Waals surface area (Å²) in [5, 5.41) is 0. The summed E-state index contributed by atoms with van der Waals surface area (Å²) in [6.07, 6.45) is 6.49. The number of ketones is 1. The van der Waals surface area contributed by atoms with Gasteiger partial charge in [-0.05, 0) is 25.1 Å². The van der Waals surface area contributed by atoms with Crippen molar-refractivity contribution >= 4 is 5.78 Å². The topological polar surface area (TPSA) is 34.9 Å². The number of carbonyl (C=O) groups excluding carboxylic acids is 1.